The first-order valence-corrected chi connectivity index (χ1v) is 5.83. The number of hydrogen-bond donors (Lipinski definition) is 2. The maximum Gasteiger partial charge on any atom is 0.277 e. The summed E-state index contributed by atoms with van der Waals surface area (Å²) >= 11 is 8.89. The minimum atomic E-state index is -3.11. The lowest BCUT2D eigenvalue weighted by atomic mass is 10.2. The molecule has 1 aromatic rings. The second kappa shape index (κ2) is 5.75. The first-order valence-electron chi connectivity index (χ1n) is 4.66. The predicted octanol–water partition coefficient (Wildman–Crippen LogP) is 2.43. The molecular formula is C10H10BrClF2N2O. The Hall–Kier alpha value is -0.720. The average molecular weight is 328 g/mol. The van der Waals surface area contributed by atoms with Crippen molar-refractivity contribution in [2.75, 3.05) is 13.1 Å². The van der Waals surface area contributed by atoms with Crippen molar-refractivity contribution in [1.29, 1.82) is 0 Å². The van der Waals surface area contributed by atoms with Crippen LogP contribution < -0.4 is 11.1 Å². The van der Waals surface area contributed by atoms with E-state index in [-0.39, 0.29) is 5.56 Å². The fraction of sp³-hybridized carbons (Fsp3) is 0.300. The zero-order valence-electron chi connectivity index (χ0n) is 8.64. The van der Waals surface area contributed by atoms with Crippen LogP contribution in [0.4, 0.5) is 8.78 Å². The molecule has 0 aliphatic heterocycles. The Labute approximate surface area is 110 Å². The van der Waals surface area contributed by atoms with E-state index in [1.807, 2.05) is 0 Å². The summed E-state index contributed by atoms with van der Waals surface area (Å²) in [5.41, 5.74) is 5.06. The SMILES string of the molecule is NCC(F)(F)CNC(=O)c1cc(Cl)cc(Br)c1. The third-order valence-electron chi connectivity index (χ3n) is 1.93. The number of carbonyl (C=O) groups excluding carboxylic acids is 1. The highest BCUT2D eigenvalue weighted by Crippen LogP contribution is 2.19. The van der Waals surface area contributed by atoms with Crippen LogP contribution in [0.15, 0.2) is 22.7 Å². The van der Waals surface area contributed by atoms with E-state index in [1.54, 1.807) is 6.07 Å². The van der Waals surface area contributed by atoms with Gasteiger partial charge in [0.2, 0.25) is 0 Å². The lowest BCUT2D eigenvalue weighted by molar-refractivity contribution is 0.0118. The number of hydrogen-bond acceptors (Lipinski definition) is 2. The molecule has 0 unspecified atom stereocenters. The Bertz CT molecular complexity index is 409. The van der Waals surface area contributed by atoms with Crippen molar-refractivity contribution in [1.82, 2.24) is 5.32 Å². The van der Waals surface area contributed by atoms with Crippen LogP contribution in [0.2, 0.25) is 5.02 Å². The standard InChI is InChI=1S/C10H10BrClF2N2O/c11-7-1-6(2-8(12)3-7)9(17)16-5-10(13,14)4-15/h1-3H,4-5,15H2,(H,16,17). The molecule has 0 fully saturated rings. The van der Waals surface area contributed by atoms with Crippen LogP contribution in [0.25, 0.3) is 0 Å². The molecule has 7 heteroatoms. The van der Waals surface area contributed by atoms with Gasteiger partial charge >= 0.3 is 0 Å². The molecule has 0 aromatic heterocycles. The van der Waals surface area contributed by atoms with Crippen LogP contribution in [0.3, 0.4) is 0 Å². The Morgan fingerprint density at radius 3 is 2.65 bits per heavy atom. The number of halogens is 4. The van der Waals surface area contributed by atoms with Crippen LogP contribution in [-0.2, 0) is 0 Å². The third-order valence-corrected chi connectivity index (χ3v) is 2.61. The predicted molar refractivity (Wildman–Crippen MR) is 65.5 cm³/mol. The Kier molecular flexibility index (Phi) is 4.85. The highest BCUT2D eigenvalue weighted by atomic mass is 79.9. The molecule has 0 bridgehead atoms. The smallest absolute Gasteiger partial charge is 0.277 e. The number of benzene rings is 1. The lowest BCUT2D eigenvalue weighted by Gasteiger charge is -2.14. The number of alkyl halides is 2. The van der Waals surface area contributed by atoms with Crippen molar-refractivity contribution in [3.8, 4) is 0 Å². The lowest BCUT2D eigenvalue weighted by Crippen LogP contribution is -2.41. The van der Waals surface area contributed by atoms with Gasteiger partial charge in [0, 0.05) is 15.1 Å². The summed E-state index contributed by atoms with van der Waals surface area (Å²) in [4.78, 5) is 11.5. The van der Waals surface area contributed by atoms with Gasteiger partial charge in [0.05, 0.1) is 13.1 Å². The van der Waals surface area contributed by atoms with E-state index in [1.165, 1.54) is 12.1 Å². The minimum absolute atomic E-state index is 0.206. The summed E-state index contributed by atoms with van der Waals surface area (Å²) in [7, 11) is 0. The van der Waals surface area contributed by atoms with Gasteiger partial charge in [-0.3, -0.25) is 4.79 Å². The highest BCUT2D eigenvalue weighted by Gasteiger charge is 2.27. The molecular weight excluding hydrogens is 317 g/mol. The molecule has 3 nitrogen and oxygen atoms in total. The van der Waals surface area contributed by atoms with E-state index >= 15 is 0 Å². The second-order valence-corrected chi connectivity index (χ2v) is 4.75. The number of rotatable bonds is 4. The second-order valence-electron chi connectivity index (χ2n) is 3.40. The molecule has 1 amide bonds. The topological polar surface area (TPSA) is 55.1 Å². The van der Waals surface area contributed by atoms with Crippen molar-refractivity contribution < 1.29 is 13.6 Å². The first kappa shape index (κ1) is 14.3. The Morgan fingerprint density at radius 2 is 2.12 bits per heavy atom. The van der Waals surface area contributed by atoms with Crippen LogP contribution in [0.1, 0.15) is 10.4 Å². The Morgan fingerprint density at radius 1 is 1.47 bits per heavy atom. The molecule has 0 saturated carbocycles. The molecule has 17 heavy (non-hydrogen) atoms. The number of amides is 1. The maximum absolute atomic E-state index is 12.8. The van der Waals surface area contributed by atoms with Crippen molar-refractivity contribution in [3.05, 3.63) is 33.3 Å². The monoisotopic (exact) mass is 326 g/mol. The Balaban J connectivity index is 2.70. The number of carbonyl (C=O) groups is 1. The van der Waals surface area contributed by atoms with Gasteiger partial charge in [0.1, 0.15) is 0 Å². The molecule has 3 N–H and O–H groups in total. The molecule has 0 radical (unpaired) electrons. The van der Waals surface area contributed by atoms with Crippen molar-refractivity contribution in [3.63, 3.8) is 0 Å². The van der Waals surface area contributed by atoms with Gasteiger partial charge in [-0.2, -0.15) is 0 Å². The summed E-state index contributed by atoms with van der Waals surface area (Å²) in [6.45, 7) is -1.61. The van der Waals surface area contributed by atoms with Gasteiger partial charge in [0.25, 0.3) is 11.8 Å². The maximum atomic E-state index is 12.8. The highest BCUT2D eigenvalue weighted by molar-refractivity contribution is 9.10. The average Bonchev–Trinajstić information content (AvgIpc) is 2.24. The summed E-state index contributed by atoms with van der Waals surface area (Å²) in [6.07, 6.45) is 0. The van der Waals surface area contributed by atoms with Gasteiger partial charge in [-0.1, -0.05) is 27.5 Å². The van der Waals surface area contributed by atoms with E-state index in [2.05, 4.69) is 21.2 Å². The molecule has 94 valence electrons. The molecule has 0 aliphatic rings. The number of nitrogens with two attached hydrogens (primary N) is 1. The zero-order valence-corrected chi connectivity index (χ0v) is 11.0. The van der Waals surface area contributed by atoms with Gasteiger partial charge in [-0.25, -0.2) is 8.78 Å². The molecule has 0 saturated heterocycles. The quantitative estimate of drug-likeness (QED) is 0.892. The van der Waals surface area contributed by atoms with Gasteiger partial charge < -0.3 is 11.1 Å². The molecule has 1 aromatic carbocycles. The summed E-state index contributed by atoms with van der Waals surface area (Å²) in [5.74, 6) is -3.73. The summed E-state index contributed by atoms with van der Waals surface area (Å²) in [5, 5.41) is 2.44. The van der Waals surface area contributed by atoms with Crippen LogP contribution in [0, 0.1) is 0 Å². The van der Waals surface area contributed by atoms with E-state index in [0.717, 1.165) is 0 Å². The van der Waals surface area contributed by atoms with E-state index in [9.17, 15) is 13.6 Å². The normalized spacial score (nSPS) is 11.4. The minimum Gasteiger partial charge on any atom is -0.346 e. The van der Waals surface area contributed by atoms with Crippen molar-refractivity contribution in [2.45, 2.75) is 5.92 Å². The van der Waals surface area contributed by atoms with Gasteiger partial charge in [0.15, 0.2) is 0 Å². The molecule has 0 aliphatic carbocycles. The molecule has 1 rings (SSSR count). The van der Waals surface area contributed by atoms with Gasteiger partial charge in [-0.05, 0) is 18.2 Å². The largest absolute Gasteiger partial charge is 0.346 e. The van der Waals surface area contributed by atoms with Crippen LogP contribution in [0.5, 0.6) is 0 Å². The van der Waals surface area contributed by atoms with Crippen molar-refractivity contribution in [2.24, 2.45) is 5.73 Å². The zero-order chi connectivity index (χ0) is 13.1. The van der Waals surface area contributed by atoms with Crippen LogP contribution in [-0.4, -0.2) is 24.9 Å². The summed E-state index contributed by atoms with van der Waals surface area (Å²) < 4.78 is 26.2. The van der Waals surface area contributed by atoms with Crippen LogP contribution >= 0.6 is 27.5 Å². The summed E-state index contributed by atoms with van der Waals surface area (Å²) in [6, 6.07) is 4.47. The first-order chi connectivity index (χ1) is 7.84. The van der Waals surface area contributed by atoms with Gasteiger partial charge in [-0.15, -0.1) is 0 Å². The molecule has 0 heterocycles. The molecule has 0 spiro atoms. The third kappa shape index (κ3) is 4.57. The fourth-order valence-electron chi connectivity index (χ4n) is 1.07. The van der Waals surface area contributed by atoms with Crippen molar-refractivity contribution >= 4 is 33.4 Å². The fourth-order valence-corrected chi connectivity index (χ4v) is 1.93. The van der Waals surface area contributed by atoms with E-state index < -0.39 is 24.9 Å². The van der Waals surface area contributed by atoms with E-state index in [4.69, 9.17) is 17.3 Å². The van der Waals surface area contributed by atoms with E-state index in [0.29, 0.717) is 9.50 Å². The number of nitrogens with one attached hydrogen (secondary N) is 1. The molecule has 0 atom stereocenters.